The van der Waals surface area contributed by atoms with Gasteiger partial charge in [-0.2, -0.15) is 13.2 Å². The number of aromatic nitrogens is 1. The number of hydrogen-bond acceptors (Lipinski definition) is 3. The third kappa shape index (κ3) is 3.90. The number of rotatable bonds is 5. The van der Waals surface area contributed by atoms with E-state index in [0.717, 1.165) is 6.07 Å². The van der Waals surface area contributed by atoms with Crippen LogP contribution in [0, 0.1) is 0 Å². The number of carbonyl (C=O) groups is 1. The van der Waals surface area contributed by atoms with E-state index in [-0.39, 0.29) is 6.61 Å². The number of methoxy groups -OCH3 is 1. The molecule has 8 heteroatoms. The van der Waals surface area contributed by atoms with Crippen molar-refractivity contribution in [1.29, 1.82) is 0 Å². The molecule has 5 nitrogen and oxygen atoms in total. The fraction of sp³-hybridized carbons (Fsp3) is 0.167. The van der Waals surface area contributed by atoms with Gasteiger partial charge in [0, 0.05) is 16.6 Å². The van der Waals surface area contributed by atoms with Crippen LogP contribution in [-0.4, -0.2) is 24.6 Å². The summed E-state index contributed by atoms with van der Waals surface area (Å²) in [6.07, 6.45) is -4.45. The molecule has 0 radical (unpaired) electrons. The van der Waals surface area contributed by atoms with Crippen LogP contribution in [-0.2, 0) is 11.0 Å². The van der Waals surface area contributed by atoms with E-state index in [9.17, 15) is 18.0 Å². The zero-order valence-electron chi connectivity index (χ0n) is 13.7. The van der Waals surface area contributed by atoms with Gasteiger partial charge in [0.2, 0.25) is 0 Å². The van der Waals surface area contributed by atoms with E-state index in [4.69, 9.17) is 9.47 Å². The Morgan fingerprint density at radius 1 is 1.12 bits per heavy atom. The molecule has 0 fully saturated rings. The Morgan fingerprint density at radius 3 is 2.54 bits per heavy atom. The molecule has 1 aromatic heterocycles. The third-order valence-corrected chi connectivity index (χ3v) is 3.64. The molecule has 1 amide bonds. The molecule has 2 N–H and O–H groups in total. The summed E-state index contributed by atoms with van der Waals surface area (Å²) in [6, 6.07) is 12.3. The fourth-order valence-electron chi connectivity index (χ4n) is 2.44. The number of amides is 1. The summed E-state index contributed by atoms with van der Waals surface area (Å²) in [7, 11) is 1.49. The van der Waals surface area contributed by atoms with Crippen molar-refractivity contribution in [3.63, 3.8) is 0 Å². The quantitative estimate of drug-likeness (QED) is 0.713. The van der Waals surface area contributed by atoms with E-state index in [1.54, 1.807) is 24.3 Å². The Kier molecular flexibility index (Phi) is 4.75. The Bertz CT molecular complexity index is 935. The Labute approximate surface area is 146 Å². The van der Waals surface area contributed by atoms with Crippen LogP contribution in [0.2, 0.25) is 0 Å². The number of benzene rings is 2. The average molecular weight is 364 g/mol. The molecule has 0 aliphatic carbocycles. The van der Waals surface area contributed by atoms with Crippen LogP contribution in [0.4, 0.5) is 18.9 Å². The molecule has 0 unspecified atom stereocenters. The summed E-state index contributed by atoms with van der Waals surface area (Å²) in [5.41, 5.74) is -0.130. The van der Waals surface area contributed by atoms with Crippen molar-refractivity contribution in [1.82, 2.24) is 4.98 Å². The van der Waals surface area contributed by atoms with Crippen molar-refractivity contribution < 1.29 is 27.4 Å². The molecular formula is C18H15F3N2O3. The van der Waals surface area contributed by atoms with Crippen molar-refractivity contribution in [3.8, 4) is 11.5 Å². The van der Waals surface area contributed by atoms with Crippen molar-refractivity contribution in [2.24, 2.45) is 0 Å². The lowest BCUT2D eigenvalue weighted by molar-refractivity contribution is -0.140. The largest absolute Gasteiger partial charge is 0.493 e. The number of para-hydroxylation sites is 2. The first-order valence-electron chi connectivity index (χ1n) is 7.62. The number of nitrogens with one attached hydrogen (secondary N) is 2. The minimum Gasteiger partial charge on any atom is -0.493 e. The Balaban J connectivity index is 1.67. The zero-order valence-corrected chi connectivity index (χ0v) is 13.7. The van der Waals surface area contributed by atoms with Crippen molar-refractivity contribution >= 4 is 22.5 Å². The minimum atomic E-state index is -4.45. The molecule has 0 bridgehead atoms. The number of halogens is 3. The van der Waals surface area contributed by atoms with Gasteiger partial charge in [-0.25, -0.2) is 0 Å². The second-order valence-corrected chi connectivity index (χ2v) is 5.47. The van der Waals surface area contributed by atoms with Crippen LogP contribution in [0.3, 0.4) is 0 Å². The summed E-state index contributed by atoms with van der Waals surface area (Å²) in [5.74, 6) is 0.469. The molecule has 3 aromatic rings. The molecule has 2 aromatic carbocycles. The average Bonchev–Trinajstić information content (AvgIpc) is 3.04. The van der Waals surface area contributed by atoms with Gasteiger partial charge < -0.3 is 19.8 Å². The lowest BCUT2D eigenvalue weighted by Gasteiger charge is -2.10. The van der Waals surface area contributed by atoms with Crippen LogP contribution >= 0.6 is 0 Å². The highest BCUT2D eigenvalue weighted by molar-refractivity contribution is 5.94. The maximum atomic E-state index is 12.7. The SMILES string of the molecule is COc1ccccc1OCC(=O)Nc1ccc2[nH]c(C(F)(F)F)cc2c1. The zero-order chi connectivity index (χ0) is 18.7. The molecule has 0 aliphatic rings. The van der Waals surface area contributed by atoms with E-state index >= 15 is 0 Å². The molecule has 0 saturated heterocycles. The maximum absolute atomic E-state index is 12.7. The van der Waals surface area contributed by atoms with E-state index in [2.05, 4.69) is 10.3 Å². The van der Waals surface area contributed by atoms with Crippen LogP contribution in [0.1, 0.15) is 5.69 Å². The monoisotopic (exact) mass is 364 g/mol. The third-order valence-electron chi connectivity index (χ3n) is 3.64. The first-order valence-corrected chi connectivity index (χ1v) is 7.62. The van der Waals surface area contributed by atoms with Gasteiger partial charge in [-0.15, -0.1) is 0 Å². The number of carbonyl (C=O) groups excluding carboxylic acids is 1. The topological polar surface area (TPSA) is 63.4 Å². The molecule has 0 saturated carbocycles. The number of hydrogen-bond donors (Lipinski definition) is 2. The molecule has 1 heterocycles. The van der Waals surface area contributed by atoms with E-state index in [0.29, 0.717) is 28.1 Å². The van der Waals surface area contributed by atoms with E-state index in [1.165, 1.54) is 25.3 Å². The number of H-pyrrole nitrogens is 1. The summed E-state index contributed by atoms with van der Waals surface area (Å²) in [6.45, 7) is -0.265. The summed E-state index contributed by atoms with van der Waals surface area (Å²) < 4.78 is 48.7. The normalized spacial score (nSPS) is 11.4. The van der Waals surface area contributed by atoms with Crippen LogP contribution in [0.25, 0.3) is 10.9 Å². The summed E-state index contributed by atoms with van der Waals surface area (Å²) in [5, 5.41) is 2.94. The lowest BCUT2D eigenvalue weighted by Crippen LogP contribution is -2.20. The van der Waals surface area contributed by atoms with Crippen molar-refractivity contribution in [2.75, 3.05) is 19.0 Å². The highest BCUT2D eigenvalue weighted by Gasteiger charge is 2.32. The Hall–Kier alpha value is -3.16. The fourth-order valence-corrected chi connectivity index (χ4v) is 2.44. The van der Waals surface area contributed by atoms with Gasteiger partial charge in [-0.05, 0) is 36.4 Å². The van der Waals surface area contributed by atoms with E-state index < -0.39 is 17.8 Å². The van der Waals surface area contributed by atoms with Gasteiger partial charge in [-0.3, -0.25) is 4.79 Å². The second kappa shape index (κ2) is 6.99. The molecular weight excluding hydrogens is 349 g/mol. The van der Waals surface area contributed by atoms with Crippen molar-refractivity contribution in [3.05, 3.63) is 54.2 Å². The molecule has 0 spiro atoms. The molecule has 136 valence electrons. The summed E-state index contributed by atoms with van der Waals surface area (Å²) >= 11 is 0. The predicted molar refractivity (Wildman–Crippen MR) is 90.4 cm³/mol. The van der Waals surface area contributed by atoms with Gasteiger partial charge in [0.25, 0.3) is 5.91 Å². The van der Waals surface area contributed by atoms with Gasteiger partial charge in [0.1, 0.15) is 5.69 Å². The molecule has 26 heavy (non-hydrogen) atoms. The smallest absolute Gasteiger partial charge is 0.431 e. The second-order valence-electron chi connectivity index (χ2n) is 5.47. The Morgan fingerprint density at radius 2 is 1.85 bits per heavy atom. The maximum Gasteiger partial charge on any atom is 0.431 e. The number of alkyl halides is 3. The van der Waals surface area contributed by atoms with Gasteiger partial charge in [-0.1, -0.05) is 12.1 Å². The minimum absolute atomic E-state index is 0.265. The van der Waals surface area contributed by atoms with Gasteiger partial charge in [0.15, 0.2) is 18.1 Å². The van der Waals surface area contributed by atoms with Gasteiger partial charge >= 0.3 is 6.18 Å². The predicted octanol–water partition coefficient (Wildman–Crippen LogP) is 4.21. The standard InChI is InChI=1S/C18H15F3N2O3/c1-25-14-4-2-3-5-15(14)26-10-17(24)22-12-6-7-13-11(8-12)9-16(23-13)18(19,20)21/h2-9,23H,10H2,1H3,(H,22,24). The number of aromatic amines is 1. The van der Waals surface area contributed by atoms with Crippen molar-refractivity contribution in [2.45, 2.75) is 6.18 Å². The first kappa shape index (κ1) is 17.7. The lowest BCUT2D eigenvalue weighted by atomic mass is 10.2. The van der Waals surface area contributed by atoms with Crippen LogP contribution in [0.15, 0.2) is 48.5 Å². The van der Waals surface area contributed by atoms with Crippen LogP contribution < -0.4 is 14.8 Å². The van der Waals surface area contributed by atoms with Crippen LogP contribution in [0.5, 0.6) is 11.5 Å². The number of anilines is 1. The molecule has 3 rings (SSSR count). The highest BCUT2D eigenvalue weighted by Crippen LogP contribution is 2.32. The number of fused-ring (bicyclic) bond motifs is 1. The molecule has 0 atom stereocenters. The van der Waals surface area contributed by atoms with Gasteiger partial charge in [0.05, 0.1) is 7.11 Å². The summed E-state index contributed by atoms with van der Waals surface area (Å²) in [4.78, 5) is 14.3. The molecule has 0 aliphatic heterocycles. The van der Waals surface area contributed by atoms with E-state index in [1.807, 2.05) is 0 Å². The number of ether oxygens (including phenoxy) is 2. The first-order chi connectivity index (χ1) is 12.4. The highest BCUT2D eigenvalue weighted by atomic mass is 19.4.